The third-order valence-electron chi connectivity index (χ3n) is 2.51. The number of rotatable bonds is 5. The highest BCUT2D eigenvalue weighted by atomic mass is 32.2. The van der Waals surface area contributed by atoms with E-state index in [1.54, 1.807) is 19.1 Å². The average molecular weight is 311 g/mol. The van der Waals surface area contributed by atoms with Crippen LogP contribution in [0.1, 0.15) is 17.2 Å². The zero-order valence-electron chi connectivity index (χ0n) is 10.7. The maximum Gasteiger partial charge on any atom is 0.241 e. The van der Waals surface area contributed by atoms with Crippen molar-refractivity contribution in [2.45, 2.75) is 18.4 Å². The van der Waals surface area contributed by atoms with Gasteiger partial charge in [0, 0.05) is 5.56 Å². The van der Waals surface area contributed by atoms with E-state index in [0.717, 1.165) is 0 Å². The minimum atomic E-state index is -3.67. The number of benzene rings is 1. The van der Waals surface area contributed by atoms with Gasteiger partial charge in [-0.1, -0.05) is 24.4 Å². The van der Waals surface area contributed by atoms with E-state index in [1.807, 2.05) is 0 Å². The molecule has 0 radical (unpaired) electrons. The molecule has 2 aromatic rings. The first-order valence-corrected chi connectivity index (χ1v) is 7.58. The van der Waals surface area contributed by atoms with Crippen LogP contribution in [0.3, 0.4) is 0 Å². The molecule has 8 heteroatoms. The van der Waals surface area contributed by atoms with Gasteiger partial charge in [-0.2, -0.15) is 0 Å². The van der Waals surface area contributed by atoms with Gasteiger partial charge in [0.05, 0.1) is 17.6 Å². The van der Waals surface area contributed by atoms with Crippen molar-refractivity contribution in [1.29, 1.82) is 0 Å². The number of hydrogen-bond acceptors (Lipinski definition) is 5. The third-order valence-corrected chi connectivity index (χ3v) is 4.15. The molecule has 0 fully saturated rings. The number of sulfonamides is 1. The lowest BCUT2D eigenvalue weighted by atomic mass is 10.2. The fourth-order valence-corrected chi connectivity index (χ4v) is 2.69. The molecule has 3 N–H and O–H groups in total. The Hall–Kier alpha value is -1.77. The van der Waals surface area contributed by atoms with Gasteiger partial charge in [-0.25, -0.2) is 18.1 Å². The van der Waals surface area contributed by atoms with E-state index >= 15 is 0 Å². The molecule has 0 amide bonds. The first-order valence-electron chi connectivity index (χ1n) is 5.69. The number of aromatic nitrogens is 1. The largest absolute Gasteiger partial charge is 0.445 e. The van der Waals surface area contributed by atoms with Crippen LogP contribution in [0.25, 0.3) is 0 Å². The molecule has 0 bridgehead atoms. The number of nitrogens with one attached hydrogen (secondary N) is 1. The Morgan fingerprint density at radius 1 is 1.50 bits per heavy atom. The topological polar surface area (TPSA) is 98.2 Å². The third kappa shape index (κ3) is 3.41. The summed E-state index contributed by atoms with van der Waals surface area (Å²) in [5.41, 5.74) is 5.98. The summed E-state index contributed by atoms with van der Waals surface area (Å²) in [6, 6.07) is 6.12. The quantitative estimate of drug-likeness (QED) is 0.802. The molecule has 0 spiro atoms. The summed E-state index contributed by atoms with van der Waals surface area (Å²) in [5.74, 6) is 0.922. The molecule has 6 nitrogen and oxygen atoms in total. The van der Waals surface area contributed by atoms with Crippen molar-refractivity contribution in [3.63, 3.8) is 0 Å². The van der Waals surface area contributed by atoms with Crippen LogP contribution in [0.2, 0.25) is 0 Å². The Kier molecular flexibility index (Phi) is 4.17. The van der Waals surface area contributed by atoms with Gasteiger partial charge in [0.15, 0.2) is 0 Å². The summed E-state index contributed by atoms with van der Waals surface area (Å²) in [6.45, 7) is 1.71. The van der Waals surface area contributed by atoms with E-state index < -0.39 is 10.0 Å². The predicted molar refractivity (Wildman–Crippen MR) is 77.6 cm³/mol. The second-order valence-electron chi connectivity index (χ2n) is 4.08. The minimum absolute atomic E-state index is 0.0204. The summed E-state index contributed by atoms with van der Waals surface area (Å²) in [6.07, 6.45) is 1.52. The van der Waals surface area contributed by atoms with E-state index in [4.69, 9.17) is 22.4 Å². The molecule has 0 atom stereocenters. The molecule has 0 unspecified atom stereocenters. The van der Waals surface area contributed by atoms with Crippen molar-refractivity contribution >= 4 is 27.2 Å². The van der Waals surface area contributed by atoms with Crippen LogP contribution in [0, 0.1) is 6.92 Å². The normalized spacial score (nSPS) is 11.4. The molecule has 0 saturated carbocycles. The zero-order valence-corrected chi connectivity index (χ0v) is 12.3. The number of nitrogens with two attached hydrogens (primary N) is 1. The first kappa shape index (κ1) is 14.6. The predicted octanol–water partition coefficient (Wildman–Crippen LogP) is 1.10. The molecule has 1 heterocycles. The SMILES string of the molecule is Cc1cnc(CNS(=O)(=O)c2cccc(C(N)=S)c2)o1. The highest BCUT2D eigenvalue weighted by molar-refractivity contribution is 7.89. The Labute approximate surface area is 122 Å². The Morgan fingerprint density at radius 3 is 2.85 bits per heavy atom. The molecule has 0 aliphatic heterocycles. The standard InChI is InChI=1S/C12H13N3O3S2/c1-8-6-14-11(18-8)7-15-20(16,17)10-4-2-3-9(5-10)12(13)19/h2-6,15H,7H2,1H3,(H2,13,19). The van der Waals surface area contributed by atoms with Gasteiger partial charge >= 0.3 is 0 Å². The lowest BCUT2D eigenvalue weighted by Gasteiger charge is -2.06. The monoisotopic (exact) mass is 311 g/mol. The molecule has 0 aliphatic rings. The van der Waals surface area contributed by atoms with Gasteiger partial charge in [0.2, 0.25) is 15.9 Å². The summed E-state index contributed by atoms with van der Waals surface area (Å²) < 4.78 is 31.8. The van der Waals surface area contributed by atoms with Crippen molar-refractivity contribution < 1.29 is 12.8 Å². The number of thiocarbonyl (C=S) groups is 1. The van der Waals surface area contributed by atoms with Crippen molar-refractivity contribution in [2.24, 2.45) is 5.73 Å². The lowest BCUT2D eigenvalue weighted by Crippen LogP contribution is -2.24. The summed E-state index contributed by atoms with van der Waals surface area (Å²) in [5, 5.41) is 0. The van der Waals surface area contributed by atoms with Crippen molar-refractivity contribution in [3.8, 4) is 0 Å². The van der Waals surface area contributed by atoms with Gasteiger partial charge in [0.1, 0.15) is 10.7 Å². The van der Waals surface area contributed by atoms with Crippen LogP contribution in [0.15, 0.2) is 39.8 Å². The van der Waals surface area contributed by atoms with E-state index in [1.165, 1.54) is 18.3 Å². The Bertz CT molecular complexity index is 738. The highest BCUT2D eigenvalue weighted by Crippen LogP contribution is 2.12. The molecule has 1 aromatic carbocycles. The molecule has 0 saturated heterocycles. The maximum atomic E-state index is 12.1. The van der Waals surface area contributed by atoms with Crippen molar-refractivity contribution in [2.75, 3.05) is 0 Å². The van der Waals surface area contributed by atoms with Crippen LogP contribution in [-0.4, -0.2) is 18.4 Å². The number of oxazole rings is 1. The van der Waals surface area contributed by atoms with Crippen molar-refractivity contribution in [3.05, 3.63) is 47.7 Å². The van der Waals surface area contributed by atoms with Crippen LogP contribution >= 0.6 is 12.2 Å². The number of hydrogen-bond donors (Lipinski definition) is 2. The second-order valence-corrected chi connectivity index (χ2v) is 6.29. The van der Waals surface area contributed by atoms with E-state index in [-0.39, 0.29) is 16.4 Å². The molecule has 0 aliphatic carbocycles. The molecular weight excluding hydrogens is 298 g/mol. The molecule has 106 valence electrons. The smallest absolute Gasteiger partial charge is 0.241 e. The molecule has 2 rings (SSSR count). The highest BCUT2D eigenvalue weighted by Gasteiger charge is 2.15. The zero-order chi connectivity index (χ0) is 14.8. The van der Waals surface area contributed by atoms with E-state index in [2.05, 4.69) is 9.71 Å². The van der Waals surface area contributed by atoms with Gasteiger partial charge in [-0.3, -0.25) is 0 Å². The summed E-state index contributed by atoms with van der Waals surface area (Å²) >= 11 is 4.83. The molecule has 1 aromatic heterocycles. The van der Waals surface area contributed by atoms with E-state index in [0.29, 0.717) is 17.2 Å². The molecular formula is C12H13N3O3S2. The maximum absolute atomic E-state index is 12.1. The lowest BCUT2D eigenvalue weighted by molar-refractivity contribution is 0.463. The summed E-state index contributed by atoms with van der Waals surface area (Å²) in [4.78, 5) is 4.16. The number of nitrogens with zero attached hydrogens (tertiary/aromatic N) is 1. The Balaban J connectivity index is 2.17. The average Bonchev–Trinajstić information content (AvgIpc) is 2.82. The number of aryl methyl sites for hydroxylation is 1. The first-order chi connectivity index (χ1) is 9.38. The fourth-order valence-electron chi connectivity index (χ4n) is 1.54. The fraction of sp³-hybridized carbons (Fsp3) is 0.167. The van der Waals surface area contributed by atoms with Gasteiger partial charge in [-0.15, -0.1) is 0 Å². The summed E-state index contributed by atoms with van der Waals surface area (Å²) in [7, 11) is -3.67. The van der Waals surface area contributed by atoms with Crippen LogP contribution in [0.4, 0.5) is 0 Å². The Morgan fingerprint density at radius 2 is 2.25 bits per heavy atom. The minimum Gasteiger partial charge on any atom is -0.445 e. The van der Waals surface area contributed by atoms with Gasteiger partial charge < -0.3 is 10.2 Å². The van der Waals surface area contributed by atoms with Gasteiger partial charge in [-0.05, 0) is 19.1 Å². The van der Waals surface area contributed by atoms with Gasteiger partial charge in [0.25, 0.3) is 0 Å². The van der Waals surface area contributed by atoms with E-state index in [9.17, 15) is 8.42 Å². The van der Waals surface area contributed by atoms with Crippen molar-refractivity contribution in [1.82, 2.24) is 9.71 Å². The molecule has 20 heavy (non-hydrogen) atoms. The van der Waals surface area contributed by atoms with Crippen LogP contribution in [-0.2, 0) is 16.6 Å². The van der Waals surface area contributed by atoms with Crippen LogP contribution < -0.4 is 10.5 Å². The second kappa shape index (κ2) is 5.70. The van der Waals surface area contributed by atoms with Crippen LogP contribution in [0.5, 0.6) is 0 Å².